The van der Waals surface area contributed by atoms with Crippen molar-refractivity contribution in [2.45, 2.75) is 10.8 Å². The van der Waals surface area contributed by atoms with E-state index in [-0.39, 0.29) is 10.8 Å². The fourth-order valence-corrected chi connectivity index (χ4v) is 2.50. The molecule has 2 aromatic rings. The van der Waals surface area contributed by atoms with E-state index in [0.717, 1.165) is 5.56 Å². The van der Waals surface area contributed by atoms with E-state index in [1.807, 2.05) is 30.3 Å². The van der Waals surface area contributed by atoms with Gasteiger partial charge < -0.3 is 0 Å². The molecule has 1 aromatic heterocycles. The number of halogens is 1. The van der Waals surface area contributed by atoms with Crippen LogP contribution in [-0.2, 0) is 5.75 Å². The van der Waals surface area contributed by atoms with Crippen LogP contribution >= 0.6 is 23.4 Å². The van der Waals surface area contributed by atoms with Crippen molar-refractivity contribution in [2.24, 2.45) is 0 Å². The normalized spacial score (nSPS) is 10.3. The van der Waals surface area contributed by atoms with Gasteiger partial charge in [0.2, 0.25) is 0 Å². The topological polar surface area (TPSA) is 56.0 Å². The Morgan fingerprint density at radius 2 is 2.00 bits per heavy atom. The van der Waals surface area contributed by atoms with Gasteiger partial charge in [-0.05, 0) is 5.56 Å². The second-order valence-corrected chi connectivity index (χ2v) is 4.90. The Morgan fingerprint density at radius 3 is 2.67 bits per heavy atom. The van der Waals surface area contributed by atoms with Crippen molar-refractivity contribution in [2.75, 3.05) is 0 Å². The molecule has 0 aliphatic rings. The van der Waals surface area contributed by atoms with Crippen LogP contribution in [0.2, 0.25) is 5.15 Å². The lowest BCUT2D eigenvalue weighted by molar-refractivity contribution is -0.385. The molecule has 0 atom stereocenters. The monoisotopic (exact) mass is 280 g/mol. The minimum absolute atomic E-state index is 0.0365. The lowest BCUT2D eigenvalue weighted by atomic mass is 10.2. The molecule has 0 aliphatic heterocycles. The predicted octanol–water partition coefficient (Wildman–Crippen LogP) is 3.94. The van der Waals surface area contributed by atoms with E-state index < -0.39 is 4.92 Å². The van der Waals surface area contributed by atoms with Crippen molar-refractivity contribution in [3.63, 3.8) is 0 Å². The van der Waals surface area contributed by atoms with Crippen molar-refractivity contribution in [3.8, 4) is 0 Å². The highest BCUT2D eigenvalue weighted by Crippen LogP contribution is 2.26. The van der Waals surface area contributed by atoms with Gasteiger partial charge in [-0.3, -0.25) is 10.1 Å². The highest BCUT2D eigenvalue weighted by Gasteiger charge is 2.10. The van der Waals surface area contributed by atoms with Crippen LogP contribution in [0, 0.1) is 10.1 Å². The summed E-state index contributed by atoms with van der Waals surface area (Å²) in [5.41, 5.74) is 1.09. The first-order valence-corrected chi connectivity index (χ1v) is 6.50. The molecule has 6 heteroatoms. The van der Waals surface area contributed by atoms with Crippen LogP contribution in [0.3, 0.4) is 0 Å². The van der Waals surface area contributed by atoms with Crippen LogP contribution in [0.25, 0.3) is 0 Å². The van der Waals surface area contributed by atoms with Crippen molar-refractivity contribution >= 4 is 29.1 Å². The molecule has 0 saturated carbocycles. The Labute approximate surface area is 113 Å². The third kappa shape index (κ3) is 3.45. The first-order valence-electron chi connectivity index (χ1n) is 5.14. The minimum Gasteiger partial charge on any atom is -0.258 e. The zero-order valence-corrected chi connectivity index (χ0v) is 10.8. The van der Waals surface area contributed by atoms with E-state index in [1.54, 1.807) is 0 Å². The molecule has 0 spiro atoms. The molecule has 0 radical (unpaired) electrons. The van der Waals surface area contributed by atoms with Gasteiger partial charge in [-0.1, -0.05) is 41.9 Å². The summed E-state index contributed by atoms with van der Waals surface area (Å²) >= 11 is 7.17. The maximum atomic E-state index is 10.7. The number of aromatic nitrogens is 1. The molecule has 2 rings (SSSR count). The quantitative estimate of drug-likeness (QED) is 0.368. The number of nitro groups is 1. The summed E-state index contributed by atoms with van der Waals surface area (Å²) < 4.78 is 0. The van der Waals surface area contributed by atoms with Gasteiger partial charge in [0.25, 0.3) is 5.69 Å². The molecule has 0 bridgehead atoms. The molecule has 0 fully saturated rings. The maximum Gasteiger partial charge on any atom is 0.275 e. The van der Waals surface area contributed by atoms with E-state index in [2.05, 4.69) is 4.98 Å². The van der Waals surface area contributed by atoms with Gasteiger partial charge in [-0.2, -0.15) is 0 Å². The van der Waals surface area contributed by atoms with E-state index >= 15 is 0 Å². The van der Waals surface area contributed by atoms with E-state index in [4.69, 9.17) is 11.6 Å². The molecule has 1 aromatic carbocycles. The van der Waals surface area contributed by atoms with E-state index in [0.29, 0.717) is 10.8 Å². The summed E-state index contributed by atoms with van der Waals surface area (Å²) in [5.74, 6) is 0.700. The molecule has 0 saturated heterocycles. The molecule has 1 heterocycles. The van der Waals surface area contributed by atoms with Gasteiger partial charge in [-0.15, -0.1) is 11.8 Å². The standard InChI is InChI=1S/C12H9ClN2O2S/c13-11-6-10(15(16)17)7-12(14-11)18-8-9-4-2-1-3-5-9/h1-7H,8H2. The van der Waals surface area contributed by atoms with Crippen LogP contribution in [-0.4, -0.2) is 9.91 Å². The number of benzene rings is 1. The summed E-state index contributed by atoms with van der Waals surface area (Å²) in [6.07, 6.45) is 0. The lowest BCUT2D eigenvalue weighted by Gasteiger charge is -2.02. The average molecular weight is 281 g/mol. The first kappa shape index (κ1) is 12.9. The van der Waals surface area contributed by atoms with Crippen LogP contribution in [0.4, 0.5) is 5.69 Å². The summed E-state index contributed by atoms with van der Waals surface area (Å²) in [5, 5.41) is 11.4. The number of hydrogen-bond acceptors (Lipinski definition) is 4. The Morgan fingerprint density at radius 1 is 1.28 bits per heavy atom. The van der Waals surface area contributed by atoms with Crippen molar-refractivity contribution in [1.29, 1.82) is 0 Å². The second kappa shape index (κ2) is 5.84. The lowest BCUT2D eigenvalue weighted by Crippen LogP contribution is -1.91. The summed E-state index contributed by atoms with van der Waals surface area (Å²) in [6, 6.07) is 12.5. The second-order valence-electron chi connectivity index (χ2n) is 3.52. The average Bonchev–Trinajstić information content (AvgIpc) is 2.37. The van der Waals surface area contributed by atoms with Gasteiger partial charge in [0.1, 0.15) is 10.2 Å². The molecule has 92 valence electrons. The van der Waals surface area contributed by atoms with E-state index in [1.165, 1.54) is 23.9 Å². The zero-order chi connectivity index (χ0) is 13.0. The first-order chi connectivity index (χ1) is 8.65. The number of hydrogen-bond donors (Lipinski definition) is 0. The van der Waals surface area contributed by atoms with Gasteiger partial charge in [0.15, 0.2) is 0 Å². The predicted molar refractivity (Wildman–Crippen MR) is 71.9 cm³/mol. The molecule has 0 aliphatic carbocycles. The van der Waals surface area contributed by atoms with Crippen LogP contribution in [0.15, 0.2) is 47.5 Å². The third-order valence-electron chi connectivity index (χ3n) is 2.20. The minimum atomic E-state index is -0.472. The Hall–Kier alpha value is -1.59. The number of pyridine rings is 1. The number of rotatable bonds is 4. The number of nitrogens with zero attached hydrogens (tertiary/aromatic N) is 2. The molecule has 0 unspecified atom stereocenters. The Balaban J connectivity index is 2.12. The van der Waals surface area contributed by atoms with Crippen LogP contribution in [0.5, 0.6) is 0 Å². The van der Waals surface area contributed by atoms with Crippen LogP contribution in [0.1, 0.15) is 5.56 Å². The molecular weight excluding hydrogens is 272 g/mol. The number of thioether (sulfide) groups is 1. The molecule has 0 amide bonds. The molecule has 18 heavy (non-hydrogen) atoms. The van der Waals surface area contributed by atoms with Gasteiger partial charge in [0.05, 0.1) is 11.0 Å². The highest BCUT2D eigenvalue weighted by atomic mass is 35.5. The fourth-order valence-electron chi connectivity index (χ4n) is 1.37. The SMILES string of the molecule is O=[N+]([O-])c1cc(Cl)nc(SCc2ccccc2)c1. The summed E-state index contributed by atoms with van der Waals surface area (Å²) in [7, 11) is 0. The summed E-state index contributed by atoms with van der Waals surface area (Å²) in [4.78, 5) is 14.3. The van der Waals surface area contributed by atoms with Crippen molar-refractivity contribution in [1.82, 2.24) is 4.98 Å². The summed E-state index contributed by atoms with van der Waals surface area (Å²) in [6.45, 7) is 0. The molecular formula is C12H9ClN2O2S. The molecule has 4 nitrogen and oxygen atoms in total. The Kier molecular flexibility index (Phi) is 4.17. The smallest absolute Gasteiger partial charge is 0.258 e. The van der Waals surface area contributed by atoms with Crippen LogP contribution < -0.4 is 0 Å². The van der Waals surface area contributed by atoms with Gasteiger partial charge >= 0.3 is 0 Å². The van der Waals surface area contributed by atoms with Crippen molar-refractivity contribution < 1.29 is 4.92 Å². The Bertz CT molecular complexity index is 563. The van der Waals surface area contributed by atoms with Gasteiger partial charge in [0, 0.05) is 11.8 Å². The van der Waals surface area contributed by atoms with Gasteiger partial charge in [-0.25, -0.2) is 4.98 Å². The third-order valence-corrected chi connectivity index (χ3v) is 3.37. The largest absolute Gasteiger partial charge is 0.275 e. The maximum absolute atomic E-state index is 10.7. The fraction of sp³-hybridized carbons (Fsp3) is 0.0833. The highest BCUT2D eigenvalue weighted by molar-refractivity contribution is 7.98. The zero-order valence-electron chi connectivity index (χ0n) is 9.25. The van der Waals surface area contributed by atoms with Crippen molar-refractivity contribution in [3.05, 3.63) is 63.3 Å². The van der Waals surface area contributed by atoms with E-state index in [9.17, 15) is 10.1 Å². The molecule has 0 N–H and O–H groups in total.